The van der Waals surface area contributed by atoms with E-state index in [1.165, 1.54) is 0 Å². The number of amides is 1. The van der Waals surface area contributed by atoms with Crippen LogP contribution in [0.1, 0.15) is 22.5 Å². The van der Waals surface area contributed by atoms with Gasteiger partial charge in [0.05, 0.1) is 6.61 Å². The Bertz CT molecular complexity index is 616. The van der Waals surface area contributed by atoms with Crippen LogP contribution in [0.3, 0.4) is 0 Å². The van der Waals surface area contributed by atoms with Gasteiger partial charge in [-0.05, 0) is 11.6 Å². The highest BCUT2D eigenvalue weighted by molar-refractivity contribution is 6.31. The standard InChI is InChI=1S/C14H14ClN3O2/c15-11-5-2-1-4-10(11)9-16-14(19)12-8-13-18(17-12)6-3-7-20-13/h1-2,4-5,8H,3,6-7,9H2,(H,16,19). The molecule has 5 nitrogen and oxygen atoms in total. The quantitative estimate of drug-likeness (QED) is 0.943. The Morgan fingerprint density at radius 2 is 2.30 bits per heavy atom. The van der Waals surface area contributed by atoms with Gasteiger partial charge in [-0.2, -0.15) is 5.10 Å². The van der Waals surface area contributed by atoms with Gasteiger partial charge in [0.25, 0.3) is 5.91 Å². The summed E-state index contributed by atoms with van der Waals surface area (Å²) in [7, 11) is 0. The van der Waals surface area contributed by atoms with Gasteiger partial charge >= 0.3 is 0 Å². The van der Waals surface area contributed by atoms with E-state index in [2.05, 4.69) is 10.4 Å². The minimum Gasteiger partial charge on any atom is -0.478 e. The van der Waals surface area contributed by atoms with Crippen molar-refractivity contribution in [3.8, 4) is 5.88 Å². The topological polar surface area (TPSA) is 56.2 Å². The van der Waals surface area contributed by atoms with Gasteiger partial charge in [-0.3, -0.25) is 4.79 Å². The summed E-state index contributed by atoms with van der Waals surface area (Å²) in [5.74, 6) is 0.426. The Kier molecular flexibility index (Phi) is 3.60. The fraction of sp³-hybridized carbons (Fsp3) is 0.286. The zero-order valence-electron chi connectivity index (χ0n) is 10.8. The SMILES string of the molecule is O=C(NCc1ccccc1Cl)c1cc2n(n1)CCCO2. The molecule has 6 heteroatoms. The number of nitrogens with zero attached hydrogens (tertiary/aromatic N) is 2. The van der Waals surface area contributed by atoms with E-state index in [-0.39, 0.29) is 5.91 Å². The van der Waals surface area contributed by atoms with Crippen molar-refractivity contribution in [2.24, 2.45) is 0 Å². The summed E-state index contributed by atoms with van der Waals surface area (Å²) in [4.78, 5) is 12.1. The van der Waals surface area contributed by atoms with Gasteiger partial charge in [0.1, 0.15) is 0 Å². The van der Waals surface area contributed by atoms with E-state index in [0.717, 1.165) is 18.5 Å². The van der Waals surface area contributed by atoms with Crippen LogP contribution in [0.5, 0.6) is 5.88 Å². The molecule has 0 saturated heterocycles. The maximum absolute atomic E-state index is 12.1. The number of carbonyl (C=O) groups excluding carboxylic acids is 1. The fourth-order valence-corrected chi connectivity index (χ4v) is 2.29. The van der Waals surface area contributed by atoms with Crippen molar-refractivity contribution in [3.05, 3.63) is 46.6 Å². The maximum atomic E-state index is 12.1. The number of benzene rings is 1. The lowest BCUT2D eigenvalue weighted by Gasteiger charge is -2.13. The Morgan fingerprint density at radius 1 is 1.45 bits per heavy atom. The lowest BCUT2D eigenvalue weighted by molar-refractivity contribution is 0.0945. The molecule has 1 aliphatic heterocycles. The third-order valence-electron chi connectivity index (χ3n) is 3.14. The lowest BCUT2D eigenvalue weighted by Crippen LogP contribution is -2.23. The van der Waals surface area contributed by atoms with Gasteiger partial charge < -0.3 is 10.1 Å². The fourth-order valence-electron chi connectivity index (χ4n) is 2.09. The average Bonchev–Trinajstić information content (AvgIpc) is 2.90. The van der Waals surface area contributed by atoms with E-state index in [1.807, 2.05) is 18.2 Å². The van der Waals surface area contributed by atoms with Crippen LogP contribution >= 0.6 is 11.6 Å². The van der Waals surface area contributed by atoms with Gasteiger partial charge in [0, 0.05) is 30.6 Å². The van der Waals surface area contributed by atoms with Crippen molar-refractivity contribution in [1.82, 2.24) is 15.1 Å². The number of carbonyl (C=O) groups is 1. The molecule has 0 atom stereocenters. The lowest BCUT2D eigenvalue weighted by atomic mass is 10.2. The first-order chi connectivity index (χ1) is 9.74. The highest BCUT2D eigenvalue weighted by Gasteiger charge is 2.17. The molecule has 0 saturated carbocycles. The minimum absolute atomic E-state index is 0.226. The molecule has 104 valence electrons. The van der Waals surface area contributed by atoms with Gasteiger partial charge in [0.15, 0.2) is 5.69 Å². The first-order valence-corrected chi connectivity index (χ1v) is 6.84. The molecule has 1 aromatic carbocycles. The van der Waals surface area contributed by atoms with Crippen molar-refractivity contribution >= 4 is 17.5 Å². The summed E-state index contributed by atoms with van der Waals surface area (Å²) in [6, 6.07) is 9.09. The molecule has 1 aromatic heterocycles. The van der Waals surface area contributed by atoms with E-state index in [9.17, 15) is 4.79 Å². The zero-order valence-corrected chi connectivity index (χ0v) is 11.6. The third-order valence-corrected chi connectivity index (χ3v) is 3.51. The van der Waals surface area contributed by atoms with Crippen LogP contribution in [0.2, 0.25) is 5.02 Å². The summed E-state index contributed by atoms with van der Waals surface area (Å²) in [6.45, 7) is 1.83. The van der Waals surface area contributed by atoms with Crippen LogP contribution in [-0.2, 0) is 13.1 Å². The molecule has 0 bridgehead atoms. The second kappa shape index (κ2) is 5.54. The number of aryl methyl sites for hydroxylation is 1. The monoisotopic (exact) mass is 291 g/mol. The Balaban J connectivity index is 1.67. The van der Waals surface area contributed by atoms with E-state index in [4.69, 9.17) is 16.3 Å². The summed E-state index contributed by atoms with van der Waals surface area (Å²) in [5, 5.41) is 7.68. The summed E-state index contributed by atoms with van der Waals surface area (Å²) in [5.41, 5.74) is 1.25. The molecule has 0 unspecified atom stereocenters. The van der Waals surface area contributed by atoms with Gasteiger partial charge in [-0.25, -0.2) is 4.68 Å². The largest absolute Gasteiger partial charge is 0.478 e. The van der Waals surface area contributed by atoms with Crippen LogP contribution in [0.4, 0.5) is 0 Å². The molecule has 0 radical (unpaired) electrons. The number of ether oxygens (including phenoxy) is 1. The second-order valence-corrected chi connectivity index (χ2v) is 4.97. The predicted octanol–water partition coefficient (Wildman–Crippen LogP) is 2.25. The molecule has 1 aliphatic rings. The number of fused-ring (bicyclic) bond motifs is 1. The van der Waals surface area contributed by atoms with E-state index in [1.54, 1.807) is 16.8 Å². The van der Waals surface area contributed by atoms with Gasteiger partial charge in [-0.1, -0.05) is 29.8 Å². The average molecular weight is 292 g/mol. The third kappa shape index (κ3) is 2.63. The van der Waals surface area contributed by atoms with Crippen LogP contribution < -0.4 is 10.1 Å². The maximum Gasteiger partial charge on any atom is 0.272 e. The molecular weight excluding hydrogens is 278 g/mol. The normalized spacial score (nSPS) is 13.4. The van der Waals surface area contributed by atoms with Crippen molar-refractivity contribution in [2.45, 2.75) is 19.5 Å². The number of halogens is 1. The molecule has 0 spiro atoms. The van der Waals surface area contributed by atoms with Crippen LogP contribution in [0.15, 0.2) is 30.3 Å². The Labute approximate surface area is 121 Å². The molecule has 0 aliphatic carbocycles. The zero-order chi connectivity index (χ0) is 13.9. The van der Waals surface area contributed by atoms with Gasteiger partial charge in [-0.15, -0.1) is 0 Å². The summed E-state index contributed by atoms with van der Waals surface area (Å²) >= 11 is 6.05. The molecule has 20 heavy (non-hydrogen) atoms. The van der Waals surface area contributed by atoms with Crippen molar-refractivity contribution in [2.75, 3.05) is 6.61 Å². The second-order valence-electron chi connectivity index (χ2n) is 4.57. The molecule has 3 rings (SSSR count). The molecule has 0 fully saturated rings. The molecular formula is C14H14ClN3O2. The number of hydrogen-bond acceptors (Lipinski definition) is 3. The van der Waals surface area contributed by atoms with Crippen molar-refractivity contribution < 1.29 is 9.53 Å². The first kappa shape index (κ1) is 13.0. The van der Waals surface area contributed by atoms with Crippen LogP contribution in [-0.4, -0.2) is 22.3 Å². The Hall–Kier alpha value is -2.01. The number of rotatable bonds is 3. The smallest absolute Gasteiger partial charge is 0.272 e. The van der Waals surface area contributed by atoms with Crippen molar-refractivity contribution in [3.63, 3.8) is 0 Å². The van der Waals surface area contributed by atoms with E-state index in [0.29, 0.717) is 29.7 Å². The summed E-state index contributed by atoms with van der Waals surface area (Å²) < 4.78 is 7.15. The molecule has 1 N–H and O–H groups in total. The van der Waals surface area contributed by atoms with Crippen molar-refractivity contribution in [1.29, 1.82) is 0 Å². The minimum atomic E-state index is -0.226. The predicted molar refractivity (Wildman–Crippen MR) is 75.0 cm³/mol. The number of nitrogens with one attached hydrogen (secondary N) is 1. The first-order valence-electron chi connectivity index (χ1n) is 6.46. The highest BCUT2D eigenvalue weighted by atomic mass is 35.5. The summed E-state index contributed by atoms with van der Waals surface area (Å²) in [6.07, 6.45) is 0.912. The van der Waals surface area contributed by atoms with Crippen LogP contribution in [0, 0.1) is 0 Å². The van der Waals surface area contributed by atoms with E-state index >= 15 is 0 Å². The molecule has 2 heterocycles. The molecule has 1 amide bonds. The van der Waals surface area contributed by atoms with Gasteiger partial charge in [0.2, 0.25) is 5.88 Å². The Morgan fingerprint density at radius 3 is 3.10 bits per heavy atom. The highest BCUT2D eigenvalue weighted by Crippen LogP contribution is 2.19. The molecule has 2 aromatic rings. The van der Waals surface area contributed by atoms with Crippen LogP contribution in [0.25, 0.3) is 0 Å². The number of hydrogen-bond donors (Lipinski definition) is 1. The van der Waals surface area contributed by atoms with E-state index < -0.39 is 0 Å². The number of aromatic nitrogens is 2.